The molecule has 3 heterocycles. The van der Waals surface area contributed by atoms with E-state index >= 15 is 0 Å². The van der Waals surface area contributed by atoms with E-state index in [1.54, 1.807) is 17.3 Å². The first-order valence-electron chi connectivity index (χ1n) is 9.67. The van der Waals surface area contributed by atoms with Crippen LogP contribution in [0.15, 0.2) is 12.4 Å². The number of piperidine rings is 1. The van der Waals surface area contributed by atoms with Gasteiger partial charge in [-0.2, -0.15) is 0 Å². The number of hydrogen-bond donors (Lipinski definition) is 1. The van der Waals surface area contributed by atoms with Crippen molar-refractivity contribution in [2.24, 2.45) is 11.3 Å². The number of likely N-dealkylation sites (tertiary alicyclic amines) is 1. The molecule has 3 fully saturated rings. The molecular formula is C19H27N5O3. The molecule has 0 bridgehead atoms. The number of rotatable bonds is 4. The van der Waals surface area contributed by atoms with E-state index in [4.69, 9.17) is 0 Å². The first kappa shape index (κ1) is 18.0. The molecule has 0 radical (unpaired) electrons. The molecule has 8 heteroatoms. The van der Waals surface area contributed by atoms with Crippen LogP contribution >= 0.6 is 0 Å². The molecule has 1 amide bonds. The number of anilines is 2. The second kappa shape index (κ2) is 6.65. The number of nitrogens with zero attached hydrogens (tertiary/aromatic N) is 5. The summed E-state index contributed by atoms with van der Waals surface area (Å²) in [5.41, 5.74) is -0.0927. The maximum Gasteiger partial charge on any atom is 0.326 e. The second-order valence-corrected chi connectivity index (χ2v) is 8.38. The Labute approximate surface area is 159 Å². The summed E-state index contributed by atoms with van der Waals surface area (Å²) < 4.78 is 0. The van der Waals surface area contributed by atoms with Crippen LogP contribution in [0.2, 0.25) is 0 Å². The van der Waals surface area contributed by atoms with Crippen LogP contribution in [0.4, 0.5) is 11.6 Å². The van der Waals surface area contributed by atoms with Gasteiger partial charge in [-0.1, -0.05) is 0 Å². The molecule has 4 rings (SSSR count). The van der Waals surface area contributed by atoms with Crippen LogP contribution < -0.4 is 9.80 Å². The summed E-state index contributed by atoms with van der Waals surface area (Å²) >= 11 is 0. The lowest BCUT2D eigenvalue weighted by Crippen LogP contribution is -2.44. The number of carboxylic acid groups (broad SMARTS) is 1. The fraction of sp³-hybridized carbons (Fsp3) is 0.684. The highest BCUT2D eigenvalue weighted by Gasteiger charge is 2.52. The summed E-state index contributed by atoms with van der Waals surface area (Å²) in [5.74, 6) is 0.951. The zero-order valence-electron chi connectivity index (χ0n) is 16.0. The molecule has 1 aromatic rings. The maximum absolute atomic E-state index is 12.6. The van der Waals surface area contributed by atoms with E-state index in [0.717, 1.165) is 50.4 Å². The standard InChI is InChI=1S/C19H27N5O3/c1-22(2)15-16(21-8-7-20-15)23-9-5-19(6-10-23)11-14(18(26)27)24(12-19)17(25)13-3-4-13/h7-8,13-14H,3-6,9-12H2,1-2H3,(H,26,27)/t14-/m0/s1. The number of carbonyl (C=O) groups is 2. The van der Waals surface area contributed by atoms with Gasteiger partial charge in [0.25, 0.3) is 0 Å². The molecule has 2 saturated heterocycles. The number of carbonyl (C=O) groups excluding carboxylic acids is 1. The predicted molar refractivity (Wildman–Crippen MR) is 101 cm³/mol. The monoisotopic (exact) mass is 373 g/mol. The lowest BCUT2D eigenvalue weighted by Gasteiger charge is -2.40. The van der Waals surface area contributed by atoms with Crippen molar-refractivity contribution in [2.45, 2.75) is 38.1 Å². The number of carboxylic acids is 1. The third kappa shape index (κ3) is 3.33. The van der Waals surface area contributed by atoms with E-state index in [0.29, 0.717) is 13.0 Å². The fourth-order valence-electron chi connectivity index (χ4n) is 4.49. The highest BCUT2D eigenvalue weighted by Crippen LogP contribution is 2.46. The van der Waals surface area contributed by atoms with Gasteiger partial charge in [0, 0.05) is 52.0 Å². The maximum atomic E-state index is 12.6. The molecule has 1 aliphatic carbocycles. The Balaban J connectivity index is 1.48. The molecule has 1 spiro atoms. The molecular weight excluding hydrogens is 346 g/mol. The Morgan fingerprint density at radius 1 is 1.19 bits per heavy atom. The van der Waals surface area contributed by atoms with Crippen LogP contribution in [0.25, 0.3) is 0 Å². The van der Waals surface area contributed by atoms with E-state index in [1.165, 1.54) is 0 Å². The van der Waals surface area contributed by atoms with Gasteiger partial charge in [0.15, 0.2) is 11.6 Å². The van der Waals surface area contributed by atoms with Crippen molar-refractivity contribution in [3.63, 3.8) is 0 Å². The van der Waals surface area contributed by atoms with Gasteiger partial charge in [0.1, 0.15) is 6.04 Å². The third-order valence-corrected chi connectivity index (χ3v) is 6.21. The smallest absolute Gasteiger partial charge is 0.326 e. The van der Waals surface area contributed by atoms with Gasteiger partial charge >= 0.3 is 5.97 Å². The molecule has 0 unspecified atom stereocenters. The Bertz CT molecular complexity index is 741. The normalized spacial score (nSPS) is 24.3. The lowest BCUT2D eigenvalue weighted by atomic mass is 9.76. The number of aliphatic carboxylic acids is 1. The Kier molecular flexibility index (Phi) is 4.44. The van der Waals surface area contributed by atoms with Crippen LogP contribution in [0.5, 0.6) is 0 Å². The van der Waals surface area contributed by atoms with Gasteiger partial charge in [-0.15, -0.1) is 0 Å². The summed E-state index contributed by atoms with van der Waals surface area (Å²) in [7, 11) is 3.91. The van der Waals surface area contributed by atoms with Crippen LogP contribution in [0, 0.1) is 11.3 Å². The zero-order chi connectivity index (χ0) is 19.2. The average molecular weight is 373 g/mol. The second-order valence-electron chi connectivity index (χ2n) is 8.38. The first-order chi connectivity index (χ1) is 12.9. The Morgan fingerprint density at radius 2 is 1.85 bits per heavy atom. The fourth-order valence-corrected chi connectivity index (χ4v) is 4.49. The van der Waals surface area contributed by atoms with E-state index in [-0.39, 0.29) is 17.2 Å². The van der Waals surface area contributed by atoms with Crippen molar-refractivity contribution in [1.82, 2.24) is 14.9 Å². The Hall–Kier alpha value is -2.38. The number of amides is 1. The van der Waals surface area contributed by atoms with E-state index in [1.807, 2.05) is 19.0 Å². The predicted octanol–water partition coefficient (Wildman–Crippen LogP) is 1.22. The van der Waals surface area contributed by atoms with E-state index in [2.05, 4.69) is 14.9 Å². The van der Waals surface area contributed by atoms with Crippen molar-refractivity contribution in [3.05, 3.63) is 12.4 Å². The van der Waals surface area contributed by atoms with Crippen molar-refractivity contribution >= 4 is 23.5 Å². The van der Waals surface area contributed by atoms with Gasteiger partial charge in [-0.3, -0.25) is 4.79 Å². The molecule has 27 heavy (non-hydrogen) atoms. The van der Waals surface area contributed by atoms with Gasteiger partial charge in [0.2, 0.25) is 5.91 Å². The quantitative estimate of drug-likeness (QED) is 0.849. The average Bonchev–Trinajstić information content (AvgIpc) is 3.44. The lowest BCUT2D eigenvalue weighted by molar-refractivity contribution is -0.148. The van der Waals surface area contributed by atoms with Crippen LogP contribution in [-0.2, 0) is 9.59 Å². The van der Waals surface area contributed by atoms with Gasteiger partial charge in [-0.25, -0.2) is 14.8 Å². The summed E-state index contributed by atoms with van der Waals surface area (Å²) in [6, 6.07) is -0.668. The van der Waals surface area contributed by atoms with Crippen molar-refractivity contribution < 1.29 is 14.7 Å². The zero-order valence-corrected chi connectivity index (χ0v) is 16.0. The van der Waals surface area contributed by atoms with Crippen LogP contribution in [0.1, 0.15) is 32.1 Å². The van der Waals surface area contributed by atoms with Gasteiger partial charge in [-0.05, 0) is 37.5 Å². The molecule has 1 N–H and O–H groups in total. The van der Waals surface area contributed by atoms with Crippen molar-refractivity contribution in [2.75, 3.05) is 43.5 Å². The van der Waals surface area contributed by atoms with Gasteiger partial charge < -0.3 is 19.8 Å². The largest absolute Gasteiger partial charge is 0.480 e. The molecule has 3 aliphatic rings. The van der Waals surface area contributed by atoms with Crippen LogP contribution in [0.3, 0.4) is 0 Å². The van der Waals surface area contributed by atoms with E-state index < -0.39 is 12.0 Å². The highest BCUT2D eigenvalue weighted by atomic mass is 16.4. The summed E-state index contributed by atoms with van der Waals surface area (Å²) in [5, 5.41) is 9.65. The SMILES string of the molecule is CN(C)c1nccnc1N1CCC2(CC1)C[C@@H](C(=O)O)N(C(=O)C1CC1)C2. The highest BCUT2D eigenvalue weighted by molar-refractivity contribution is 5.87. The van der Waals surface area contributed by atoms with E-state index in [9.17, 15) is 14.7 Å². The molecule has 1 saturated carbocycles. The number of hydrogen-bond acceptors (Lipinski definition) is 6. The minimum atomic E-state index is -0.868. The van der Waals surface area contributed by atoms with Gasteiger partial charge in [0.05, 0.1) is 0 Å². The third-order valence-electron chi connectivity index (χ3n) is 6.21. The van der Waals surface area contributed by atoms with Crippen molar-refractivity contribution in [1.29, 1.82) is 0 Å². The molecule has 1 atom stereocenters. The first-order valence-corrected chi connectivity index (χ1v) is 9.67. The summed E-state index contributed by atoms with van der Waals surface area (Å²) in [6.45, 7) is 2.18. The summed E-state index contributed by atoms with van der Waals surface area (Å²) in [4.78, 5) is 39.1. The molecule has 0 aromatic carbocycles. The minimum absolute atomic E-state index is 0.0468. The molecule has 146 valence electrons. The minimum Gasteiger partial charge on any atom is -0.480 e. The summed E-state index contributed by atoms with van der Waals surface area (Å²) in [6.07, 6.45) is 7.52. The molecule has 8 nitrogen and oxygen atoms in total. The van der Waals surface area contributed by atoms with Crippen molar-refractivity contribution in [3.8, 4) is 0 Å². The molecule has 2 aliphatic heterocycles. The Morgan fingerprint density at radius 3 is 2.44 bits per heavy atom. The topological polar surface area (TPSA) is 89.9 Å². The number of aromatic nitrogens is 2. The molecule has 1 aromatic heterocycles. The van der Waals surface area contributed by atoms with Crippen LogP contribution in [-0.4, -0.2) is 71.6 Å².